The van der Waals surface area contributed by atoms with Crippen LogP contribution in [0.15, 0.2) is 24.5 Å². The number of benzene rings is 1. The van der Waals surface area contributed by atoms with Crippen molar-refractivity contribution in [3.63, 3.8) is 0 Å². The summed E-state index contributed by atoms with van der Waals surface area (Å²) < 4.78 is 12.9. The smallest absolute Gasteiger partial charge is 0.164 e. The molecule has 0 aliphatic carbocycles. The maximum absolute atomic E-state index is 5.87. The predicted octanol–water partition coefficient (Wildman–Crippen LogP) is 1.90. The van der Waals surface area contributed by atoms with E-state index < -0.39 is 0 Å². The Hall–Kier alpha value is -2.08. The minimum atomic E-state index is 0.392. The molecule has 2 rings (SSSR count). The van der Waals surface area contributed by atoms with E-state index in [-0.39, 0.29) is 0 Å². The lowest BCUT2D eigenvalue weighted by molar-refractivity contribution is 0.285. The molecule has 1 aromatic heterocycles. The van der Waals surface area contributed by atoms with E-state index in [0.29, 0.717) is 6.61 Å². The molecule has 6 heteroatoms. The van der Waals surface area contributed by atoms with E-state index in [1.165, 1.54) is 6.33 Å². The Kier molecular flexibility index (Phi) is 5.57. The molecule has 0 unspecified atom stereocenters. The van der Waals surface area contributed by atoms with E-state index >= 15 is 0 Å². The van der Waals surface area contributed by atoms with E-state index in [4.69, 9.17) is 9.47 Å². The summed E-state index contributed by atoms with van der Waals surface area (Å²) >= 11 is 0. The Labute approximate surface area is 125 Å². The molecule has 1 heterocycles. The van der Waals surface area contributed by atoms with Gasteiger partial charge in [0.25, 0.3) is 0 Å². The van der Waals surface area contributed by atoms with Crippen LogP contribution >= 0.6 is 0 Å². The minimum absolute atomic E-state index is 0.392. The molecule has 114 valence electrons. The molecule has 0 bridgehead atoms. The van der Waals surface area contributed by atoms with Gasteiger partial charge in [0.2, 0.25) is 0 Å². The van der Waals surface area contributed by atoms with Gasteiger partial charge in [0, 0.05) is 19.2 Å². The van der Waals surface area contributed by atoms with Crippen molar-refractivity contribution in [2.45, 2.75) is 26.5 Å². The van der Waals surface area contributed by atoms with Gasteiger partial charge in [0.05, 0.1) is 7.11 Å². The van der Waals surface area contributed by atoms with Gasteiger partial charge >= 0.3 is 0 Å². The predicted molar refractivity (Wildman–Crippen MR) is 80.3 cm³/mol. The third-order valence-electron chi connectivity index (χ3n) is 3.17. The highest BCUT2D eigenvalue weighted by atomic mass is 16.5. The zero-order valence-corrected chi connectivity index (χ0v) is 12.8. The molecule has 0 aliphatic rings. The lowest BCUT2D eigenvalue weighted by atomic mass is 10.2. The van der Waals surface area contributed by atoms with Gasteiger partial charge in [-0.3, -0.25) is 4.68 Å². The van der Waals surface area contributed by atoms with Crippen molar-refractivity contribution in [3.05, 3.63) is 35.9 Å². The molecule has 0 saturated heterocycles. The highest BCUT2D eigenvalue weighted by Crippen LogP contribution is 2.24. The van der Waals surface area contributed by atoms with Crippen LogP contribution in [0.2, 0.25) is 0 Å². The highest BCUT2D eigenvalue weighted by molar-refractivity contribution is 5.40. The second-order valence-electron chi connectivity index (χ2n) is 4.74. The molecule has 0 amide bonds. The van der Waals surface area contributed by atoms with Crippen LogP contribution in [-0.2, 0) is 20.2 Å². The largest absolute Gasteiger partial charge is 0.497 e. The second-order valence-corrected chi connectivity index (χ2v) is 4.74. The molecule has 2 aromatic rings. The van der Waals surface area contributed by atoms with Crippen LogP contribution in [0.4, 0.5) is 0 Å². The normalized spacial score (nSPS) is 10.6. The lowest BCUT2D eigenvalue weighted by Crippen LogP contribution is -2.15. The zero-order chi connectivity index (χ0) is 15.1. The van der Waals surface area contributed by atoms with E-state index in [2.05, 4.69) is 22.3 Å². The van der Waals surface area contributed by atoms with Crippen molar-refractivity contribution in [2.75, 3.05) is 13.7 Å². The second kappa shape index (κ2) is 7.64. The number of methoxy groups -OCH3 is 1. The first-order valence-corrected chi connectivity index (χ1v) is 7.08. The Morgan fingerprint density at radius 1 is 1.33 bits per heavy atom. The molecule has 21 heavy (non-hydrogen) atoms. The van der Waals surface area contributed by atoms with Gasteiger partial charge in [0.1, 0.15) is 24.4 Å². The van der Waals surface area contributed by atoms with Crippen LogP contribution < -0.4 is 14.8 Å². The summed E-state index contributed by atoms with van der Waals surface area (Å²) in [6, 6.07) is 5.82. The van der Waals surface area contributed by atoms with Crippen molar-refractivity contribution in [2.24, 2.45) is 7.05 Å². The van der Waals surface area contributed by atoms with Gasteiger partial charge in [-0.15, -0.1) is 0 Å². The molecule has 6 nitrogen and oxygen atoms in total. The van der Waals surface area contributed by atoms with Gasteiger partial charge in [-0.1, -0.05) is 6.92 Å². The third-order valence-corrected chi connectivity index (χ3v) is 3.17. The standard InChI is InChI=1S/C15H22N4O2/c1-4-7-16-9-12-8-13(20-3)5-6-14(12)21-10-15-17-11-18-19(15)2/h5-6,8,11,16H,4,7,9-10H2,1-3H3. The molecule has 1 N–H and O–H groups in total. The van der Waals surface area contributed by atoms with Crippen LogP contribution in [-0.4, -0.2) is 28.4 Å². The molecule has 0 saturated carbocycles. The fourth-order valence-corrected chi connectivity index (χ4v) is 1.95. The van der Waals surface area contributed by atoms with Crippen molar-refractivity contribution < 1.29 is 9.47 Å². The Morgan fingerprint density at radius 2 is 2.19 bits per heavy atom. The molecule has 1 aromatic carbocycles. The summed E-state index contributed by atoms with van der Waals surface area (Å²) in [5.74, 6) is 2.45. The first kappa shape index (κ1) is 15.3. The summed E-state index contributed by atoms with van der Waals surface area (Å²) in [7, 11) is 3.52. The monoisotopic (exact) mass is 290 g/mol. The number of aromatic nitrogens is 3. The summed E-state index contributed by atoms with van der Waals surface area (Å²) in [5, 5.41) is 7.41. The van der Waals surface area contributed by atoms with Gasteiger partial charge < -0.3 is 14.8 Å². The molecular formula is C15H22N4O2. The molecule has 0 spiro atoms. The van der Waals surface area contributed by atoms with Crippen LogP contribution in [0.25, 0.3) is 0 Å². The SMILES string of the molecule is CCCNCc1cc(OC)ccc1OCc1ncnn1C. The quantitative estimate of drug-likeness (QED) is 0.752. The highest BCUT2D eigenvalue weighted by Gasteiger charge is 2.08. The Balaban J connectivity index is 2.07. The number of rotatable bonds is 8. The number of aryl methyl sites for hydroxylation is 1. The fourth-order valence-electron chi connectivity index (χ4n) is 1.95. The molecule has 0 fully saturated rings. The van der Waals surface area contributed by atoms with Crippen LogP contribution in [0.5, 0.6) is 11.5 Å². The Morgan fingerprint density at radius 3 is 2.86 bits per heavy atom. The van der Waals surface area contributed by atoms with E-state index in [1.807, 2.05) is 25.2 Å². The Bertz CT molecular complexity index is 569. The summed E-state index contributed by atoms with van der Waals surface area (Å²) in [5.41, 5.74) is 1.07. The van der Waals surface area contributed by atoms with E-state index in [1.54, 1.807) is 11.8 Å². The maximum atomic E-state index is 5.87. The third kappa shape index (κ3) is 4.19. The first-order valence-electron chi connectivity index (χ1n) is 7.08. The lowest BCUT2D eigenvalue weighted by Gasteiger charge is -2.13. The molecule has 0 atom stereocenters. The van der Waals surface area contributed by atoms with Crippen molar-refractivity contribution >= 4 is 0 Å². The van der Waals surface area contributed by atoms with Crippen LogP contribution in [0.1, 0.15) is 24.7 Å². The summed E-state index contributed by atoms with van der Waals surface area (Å²) in [6.45, 7) is 4.26. The summed E-state index contributed by atoms with van der Waals surface area (Å²) in [4.78, 5) is 4.16. The minimum Gasteiger partial charge on any atom is -0.497 e. The van der Waals surface area contributed by atoms with Gasteiger partial charge in [-0.05, 0) is 31.2 Å². The van der Waals surface area contributed by atoms with Crippen molar-refractivity contribution in [1.82, 2.24) is 20.1 Å². The number of hydrogen-bond acceptors (Lipinski definition) is 5. The average Bonchev–Trinajstić information content (AvgIpc) is 2.91. The number of nitrogens with one attached hydrogen (secondary N) is 1. The molecule has 0 radical (unpaired) electrons. The summed E-state index contributed by atoms with van der Waals surface area (Å²) in [6.07, 6.45) is 2.62. The topological polar surface area (TPSA) is 61.2 Å². The zero-order valence-electron chi connectivity index (χ0n) is 12.8. The number of ether oxygens (including phenoxy) is 2. The number of hydrogen-bond donors (Lipinski definition) is 1. The van der Waals surface area contributed by atoms with Crippen LogP contribution in [0.3, 0.4) is 0 Å². The maximum Gasteiger partial charge on any atom is 0.164 e. The van der Waals surface area contributed by atoms with Gasteiger partial charge in [-0.2, -0.15) is 5.10 Å². The van der Waals surface area contributed by atoms with Crippen LogP contribution in [0, 0.1) is 0 Å². The molecule has 0 aliphatic heterocycles. The molecular weight excluding hydrogens is 268 g/mol. The van der Waals surface area contributed by atoms with E-state index in [0.717, 1.165) is 42.4 Å². The fraction of sp³-hybridized carbons (Fsp3) is 0.467. The average molecular weight is 290 g/mol. The van der Waals surface area contributed by atoms with Crippen molar-refractivity contribution in [1.29, 1.82) is 0 Å². The van der Waals surface area contributed by atoms with Gasteiger partial charge in [-0.25, -0.2) is 4.98 Å². The number of nitrogens with zero attached hydrogens (tertiary/aromatic N) is 3. The van der Waals surface area contributed by atoms with Crippen molar-refractivity contribution in [3.8, 4) is 11.5 Å². The first-order chi connectivity index (χ1) is 10.2. The van der Waals surface area contributed by atoms with E-state index in [9.17, 15) is 0 Å². The van der Waals surface area contributed by atoms with Gasteiger partial charge in [0.15, 0.2) is 5.82 Å².